The summed E-state index contributed by atoms with van der Waals surface area (Å²) in [6.07, 6.45) is 1.92. The second-order valence-electron chi connectivity index (χ2n) is 7.94. The lowest BCUT2D eigenvalue weighted by atomic mass is 9.75. The third-order valence-corrected chi connectivity index (χ3v) is 7.55. The molecule has 0 N–H and O–H groups in total. The Morgan fingerprint density at radius 3 is 1.94 bits per heavy atom. The molecule has 3 aromatic rings. The second-order valence-corrected chi connectivity index (χ2v) is 9.81. The number of rotatable bonds is 6. The van der Waals surface area contributed by atoms with Crippen LogP contribution in [0.5, 0.6) is 0 Å². The van der Waals surface area contributed by atoms with E-state index in [2.05, 4.69) is 0 Å². The minimum Gasteiger partial charge on any atom is -0.459 e. The van der Waals surface area contributed by atoms with Crippen LogP contribution in [0.1, 0.15) is 23.6 Å². The number of hydrogen-bond acceptors (Lipinski definition) is 4. The molecule has 6 heteroatoms. The monoisotopic (exact) mass is 447 g/mol. The summed E-state index contributed by atoms with van der Waals surface area (Å²) in [5.41, 5.74) is 2.63. The van der Waals surface area contributed by atoms with Crippen molar-refractivity contribution in [2.24, 2.45) is 0 Å². The topological polar surface area (TPSA) is 63.7 Å². The van der Waals surface area contributed by atoms with Crippen molar-refractivity contribution in [1.29, 1.82) is 0 Å². The van der Waals surface area contributed by atoms with Crippen molar-refractivity contribution in [3.63, 3.8) is 0 Å². The third kappa shape index (κ3) is 4.06. The summed E-state index contributed by atoms with van der Waals surface area (Å²) in [6, 6.07) is 26.4. The molecule has 0 atom stereocenters. The zero-order chi connectivity index (χ0) is 22.8. The summed E-state index contributed by atoms with van der Waals surface area (Å²) in [4.78, 5) is 11.8. The fourth-order valence-corrected chi connectivity index (χ4v) is 5.61. The van der Waals surface area contributed by atoms with Gasteiger partial charge in [0.15, 0.2) is 0 Å². The van der Waals surface area contributed by atoms with E-state index in [-0.39, 0.29) is 18.0 Å². The number of ether oxygens (including phenoxy) is 1. The van der Waals surface area contributed by atoms with Crippen molar-refractivity contribution >= 4 is 16.0 Å². The van der Waals surface area contributed by atoms with Gasteiger partial charge in [0, 0.05) is 6.92 Å². The van der Waals surface area contributed by atoms with E-state index in [9.17, 15) is 13.2 Å². The maximum absolute atomic E-state index is 13.7. The van der Waals surface area contributed by atoms with Crippen molar-refractivity contribution in [1.82, 2.24) is 4.31 Å². The molecule has 0 aliphatic carbocycles. The maximum Gasteiger partial charge on any atom is 0.303 e. The molecule has 3 aromatic carbocycles. The summed E-state index contributed by atoms with van der Waals surface area (Å²) in [6.45, 7) is 3.28. The lowest BCUT2D eigenvalue weighted by Crippen LogP contribution is -2.37. The molecule has 0 saturated heterocycles. The van der Waals surface area contributed by atoms with E-state index in [4.69, 9.17) is 4.74 Å². The lowest BCUT2D eigenvalue weighted by Gasteiger charge is -2.31. The SMILES string of the molecule is CC(=O)OCC1=CC(c2ccccc2)(c2ccccc2)CN1S(=O)(=O)c1ccc(C)cc1. The minimum atomic E-state index is -3.87. The van der Waals surface area contributed by atoms with Crippen LogP contribution < -0.4 is 0 Å². The summed E-state index contributed by atoms with van der Waals surface area (Å²) in [5.74, 6) is -0.462. The van der Waals surface area contributed by atoms with Crippen molar-refractivity contribution in [3.8, 4) is 0 Å². The Morgan fingerprint density at radius 2 is 1.44 bits per heavy atom. The molecule has 0 radical (unpaired) electrons. The molecule has 0 fully saturated rings. The molecule has 1 aliphatic rings. The molecule has 0 bridgehead atoms. The zero-order valence-corrected chi connectivity index (χ0v) is 18.9. The van der Waals surface area contributed by atoms with E-state index < -0.39 is 21.4 Å². The van der Waals surface area contributed by atoms with Gasteiger partial charge in [0.2, 0.25) is 0 Å². The van der Waals surface area contributed by atoms with Gasteiger partial charge in [-0.25, -0.2) is 8.42 Å². The molecule has 0 amide bonds. The van der Waals surface area contributed by atoms with Gasteiger partial charge in [-0.1, -0.05) is 78.4 Å². The van der Waals surface area contributed by atoms with Crippen molar-refractivity contribution in [2.45, 2.75) is 24.2 Å². The van der Waals surface area contributed by atoms with E-state index in [0.717, 1.165) is 16.7 Å². The summed E-state index contributed by atoms with van der Waals surface area (Å²) < 4.78 is 34.0. The predicted molar refractivity (Wildman–Crippen MR) is 123 cm³/mol. The highest BCUT2D eigenvalue weighted by Gasteiger charge is 2.45. The van der Waals surface area contributed by atoms with Gasteiger partial charge in [-0.3, -0.25) is 9.10 Å². The van der Waals surface area contributed by atoms with E-state index in [0.29, 0.717) is 5.70 Å². The van der Waals surface area contributed by atoms with E-state index in [1.807, 2.05) is 73.7 Å². The van der Waals surface area contributed by atoms with Gasteiger partial charge in [0.1, 0.15) is 6.61 Å². The highest BCUT2D eigenvalue weighted by molar-refractivity contribution is 7.89. The molecule has 164 valence electrons. The normalized spacial score (nSPS) is 15.3. The van der Waals surface area contributed by atoms with Crippen LogP contribution in [0.2, 0.25) is 0 Å². The number of esters is 1. The molecule has 0 spiro atoms. The van der Waals surface area contributed by atoms with Gasteiger partial charge >= 0.3 is 5.97 Å². The lowest BCUT2D eigenvalue weighted by molar-refractivity contribution is -0.140. The number of hydrogen-bond donors (Lipinski definition) is 0. The highest BCUT2D eigenvalue weighted by atomic mass is 32.2. The third-order valence-electron chi connectivity index (χ3n) is 5.74. The number of benzene rings is 3. The zero-order valence-electron chi connectivity index (χ0n) is 18.1. The van der Waals surface area contributed by atoms with Crippen LogP contribution in [-0.2, 0) is 25.0 Å². The first-order valence-electron chi connectivity index (χ1n) is 10.4. The van der Waals surface area contributed by atoms with Crippen LogP contribution in [0.25, 0.3) is 0 Å². The highest BCUT2D eigenvalue weighted by Crippen LogP contribution is 2.43. The van der Waals surface area contributed by atoms with Crippen LogP contribution in [0.15, 0.2) is 102 Å². The van der Waals surface area contributed by atoms with E-state index >= 15 is 0 Å². The maximum atomic E-state index is 13.7. The van der Waals surface area contributed by atoms with Gasteiger partial charge in [0.25, 0.3) is 10.0 Å². The van der Waals surface area contributed by atoms with Crippen LogP contribution in [0, 0.1) is 6.92 Å². The molecule has 0 saturated carbocycles. The van der Waals surface area contributed by atoms with E-state index in [1.165, 1.54) is 11.2 Å². The largest absolute Gasteiger partial charge is 0.459 e. The Hall–Kier alpha value is -3.38. The van der Waals surface area contributed by atoms with Crippen LogP contribution in [0.4, 0.5) is 0 Å². The molecule has 32 heavy (non-hydrogen) atoms. The molecular weight excluding hydrogens is 422 g/mol. The molecule has 1 aliphatic heterocycles. The molecular formula is C26H25NO4S. The van der Waals surface area contributed by atoms with Crippen molar-refractivity contribution < 1.29 is 17.9 Å². The second kappa shape index (κ2) is 8.63. The smallest absolute Gasteiger partial charge is 0.303 e. The minimum absolute atomic E-state index is 0.123. The van der Waals surface area contributed by atoms with Crippen LogP contribution in [-0.4, -0.2) is 31.8 Å². The van der Waals surface area contributed by atoms with Crippen LogP contribution in [0.3, 0.4) is 0 Å². The average molecular weight is 448 g/mol. The summed E-state index contributed by atoms with van der Waals surface area (Å²) in [7, 11) is -3.87. The molecule has 0 unspecified atom stereocenters. The quantitative estimate of drug-likeness (QED) is 0.525. The number of sulfonamides is 1. The van der Waals surface area contributed by atoms with Gasteiger partial charge in [-0.2, -0.15) is 0 Å². The van der Waals surface area contributed by atoms with Crippen LogP contribution >= 0.6 is 0 Å². The Kier molecular flexibility index (Phi) is 5.89. The van der Waals surface area contributed by atoms with Gasteiger partial charge in [0.05, 0.1) is 22.6 Å². The van der Waals surface area contributed by atoms with Gasteiger partial charge < -0.3 is 4.74 Å². The standard InChI is InChI=1S/C26H25NO4S/c1-20-13-15-25(16-14-20)32(29,30)27-19-26(22-9-5-3-6-10-22,23-11-7-4-8-12-23)17-24(27)18-31-21(2)28/h3-17H,18-19H2,1-2H3. The summed E-state index contributed by atoms with van der Waals surface area (Å²) in [5, 5.41) is 0. The number of nitrogens with zero attached hydrogens (tertiary/aromatic N) is 1. The first-order valence-corrected chi connectivity index (χ1v) is 11.8. The molecule has 1 heterocycles. The van der Waals surface area contributed by atoms with Crippen molar-refractivity contribution in [3.05, 3.63) is 113 Å². The number of carbonyl (C=O) groups excluding carboxylic acids is 1. The van der Waals surface area contributed by atoms with E-state index in [1.54, 1.807) is 24.3 Å². The Bertz CT molecular complexity index is 1190. The fourth-order valence-electron chi connectivity index (χ4n) is 4.08. The van der Waals surface area contributed by atoms with Crippen molar-refractivity contribution in [2.75, 3.05) is 13.2 Å². The Morgan fingerprint density at radius 1 is 0.906 bits per heavy atom. The number of aryl methyl sites for hydroxylation is 1. The molecule has 0 aromatic heterocycles. The number of carbonyl (C=O) groups is 1. The summed E-state index contributed by atoms with van der Waals surface area (Å²) >= 11 is 0. The predicted octanol–water partition coefficient (Wildman–Crippen LogP) is 4.43. The average Bonchev–Trinajstić information content (AvgIpc) is 3.21. The Balaban J connectivity index is 1.87. The first-order chi connectivity index (χ1) is 15.3. The molecule has 4 rings (SSSR count). The van der Waals surface area contributed by atoms with Gasteiger partial charge in [-0.15, -0.1) is 0 Å². The van der Waals surface area contributed by atoms with Gasteiger partial charge in [-0.05, 0) is 36.3 Å². The first kappa shape index (κ1) is 21.8. The molecule has 5 nitrogen and oxygen atoms in total. The Labute approximate surface area is 189 Å². The fraction of sp³-hybridized carbons (Fsp3) is 0.192.